The van der Waals surface area contributed by atoms with E-state index in [4.69, 9.17) is 4.43 Å². The molecule has 0 bridgehead atoms. The SMILES string of the molecule is C=CC(=O)O[Si](C(CC)CC)(C(CC)CC)C(C)(C)CC. The van der Waals surface area contributed by atoms with E-state index < -0.39 is 8.32 Å². The topological polar surface area (TPSA) is 26.3 Å². The van der Waals surface area contributed by atoms with E-state index in [9.17, 15) is 4.79 Å². The zero-order valence-electron chi connectivity index (χ0n) is 15.3. The number of carbonyl (C=O) groups is 1. The van der Waals surface area contributed by atoms with E-state index in [1.54, 1.807) is 0 Å². The third-order valence-corrected chi connectivity index (χ3v) is 12.6. The molecule has 21 heavy (non-hydrogen) atoms. The zero-order valence-corrected chi connectivity index (χ0v) is 16.3. The minimum atomic E-state index is -2.29. The van der Waals surface area contributed by atoms with E-state index in [0.717, 1.165) is 32.1 Å². The van der Waals surface area contributed by atoms with Crippen LogP contribution in [0.3, 0.4) is 0 Å². The van der Waals surface area contributed by atoms with Gasteiger partial charge >= 0.3 is 5.97 Å². The van der Waals surface area contributed by atoms with Crippen LogP contribution in [0.4, 0.5) is 0 Å². The molecular formula is C18H36O2Si. The molecule has 0 fully saturated rings. The summed E-state index contributed by atoms with van der Waals surface area (Å²) in [5, 5.41) is 0.0824. The normalized spacial score (nSPS) is 12.8. The van der Waals surface area contributed by atoms with Gasteiger partial charge in [-0.25, -0.2) is 4.79 Å². The molecule has 0 aromatic rings. The molecule has 0 heterocycles. The molecule has 0 N–H and O–H groups in total. The second-order valence-corrected chi connectivity index (χ2v) is 11.5. The minimum Gasteiger partial charge on any atom is -0.515 e. The van der Waals surface area contributed by atoms with Gasteiger partial charge in [-0.2, -0.15) is 0 Å². The van der Waals surface area contributed by atoms with Crippen LogP contribution in [0.2, 0.25) is 16.1 Å². The van der Waals surface area contributed by atoms with Gasteiger partial charge in [0, 0.05) is 6.08 Å². The lowest BCUT2D eigenvalue weighted by Crippen LogP contribution is -2.56. The first-order valence-corrected chi connectivity index (χ1v) is 10.7. The molecule has 0 aliphatic heterocycles. The van der Waals surface area contributed by atoms with Crippen molar-refractivity contribution < 1.29 is 9.22 Å². The first-order chi connectivity index (χ1) is 9.80. The quantitative estimate of drug-likeness (QED) is 0.353. The summed E-state index contributed by atoms with van der Waals surface area (Å²) in [5.41, 5.74) is 1.03. The van der Waals surface area contributed by atoms with Crippen LogP contribution in [0.15, 0.2) is 12.7 Å². The van der Waals surface area contributed by atoms with Gasteiger partial charge in [-0.15, -0.1) is 0 Å². The average Bonchev–Trinajstić information content (AvgIpc) is 2.48. The predicted octanol–water partition coefficient (Wildman–Crippen LogP) is 6.23. The number of hydrogen-bond acceptors (Lipinski definition) is 2. The number of rotatable bonds is 10. The van der Waals surface area contributed by atoms with Gasteiger partial charge in [0.2, 0.25) is 0 Å². The Morgan fingerprint density at radius 1 is 1.05 bits per heavy atom. The lowest BCUT2D eigenvalue weighted by Gasteiger charge is -2.51. The lowest BCUT2D eigenvalue weighted by atomic mass is 10.1. The highest BCUT2D eigenvalue weighted by atomic mass is 28.4. The summed E-state index contributed by atoms with van der Waals surface area (Å²) in [6, 6.07) is 0. The first kappa shape index (κ1) is 20.4. The summed E-state index contributed by atoms with van der Waals surface area (Å²) in [4.78, 5) is 12.2. The van der Waals surface area contributed by atoms with Crippen molar-refractivity contribution in [3.05, 3.63) is 12.7 Å². The second-order valence-electron chi connectivity index (χ2n) is 6.68. The van der Waals surface area contributed by atoms with Crippen LogP contribution in [-0.2, 0) is 9.22 Å². The Bertz CT molecular complexity index is 316. The van der Waals surface area contributed by atoms with Crippen molar-refractivity contribution in [3.8, 4) is 0 Å². The van der Waals surface area contributed by atoms with Gasteiger partial charge in [0.25, 0.3) is 8.32 Å². The second kappa shape index (κ2) is 8.77. The molecular weight excluding hydrogens is 276 g/mol. The highest BCUT2D eigenvalue weighted by Gasteiger charge is 2.58. The van der Waals surface area contributed by atoms with Crippen LogP contribution < -0.4 is 0 Å². The molecule has 0 aromatic heterocycles. The number of hydrogen-bond donors (Lipinski definition) is 0. The molecule has 3 heteroatoms. The van der Waals surface area contributed by atoms with E-state index in [1.807, 2.05) is 0 Å². The van der Waals surface area contributed by atoms with Gasteiger partial charge in [0.15, 0.2) is 0 Å². The van der Waals surface area contributed by atoms with Gasteiger partial charge in [-0.1, -0.05) is 87.1 Å². The Kier molecular flexibility index (Phi) is 8.53. The highest BCUT2D eigenvalue weighted by molar-refractivity contribution is 6.80. The molecule has 0 radical (unpaired) electrons. The Hall–Kier alpha value is -0.573. The molecule has 2 nitrogen and oxygen atoms in total. The van der Waals surface area contributed by atoms with Crippen LogP contribution in [0.5, 0.6) is 0 Å². The summed E-state index contributed by atoms with van der Waals surface area (Å²) in [6.45, 7) is 19.4. The third kappa shape index (κ3) is 4.00. The van der Waals surface area contributed by atoms with Crippen molar-refractivity contribution in [2.45, 2.75) is 96.7 Å². The molecule has 0 aliphatic rings. The molecule has 0 aromatic carbocycles. The van der Waals surface area contributed by atoms with Gasteiger partial charge in [0.05, 0.1) is 0 Å². The number of carbonyl (C=O) groups excluding carboxylic acids is 1. The zero-order chi connectivity index (χ0) is 16.7. The fourth-order valence-electron chi connectivity index (χ4n) is 4.02. The standard InChI is InChI=1S/C18H36O2Si/c1-9-15(10-2)21(16(11-3)12-4,18(7,8)14-6)20-17(19)13-5/h13,15-16H,5,9-12,14H2,1-4,6-8H3. The summed E-state index contributed by atoms with van der Waals surface area (Å²) < 4.78 is 6.31. The molecule has 0 amide bonds. The molecule has 0 saturated carbocycles. The maximum atomic E-state index is 12.2. The van der Waals surface area contributed by atoms with Crippen molar-refractivity contribution in [1.82, 2.24) is 0 Å². The average molecular weight is 313 g/mol. The van der Waals surface area contributed by atoms with Crippen molar-refractivity contribution in [2.75, 3.05) is 0 Å². The smallest absolute Gasteiger partial charge is 0.316 e. The Labute approximate surface area is 133 Å². The molecule has 0 rings (SSSR count). The van der Waals surface area contributed by atoms with Gasteiger partial charge in [-0.05, 0) is 16.1 Å². The van der Waals surface area contributed by atoms with E-state index in [0.29, 0.717) is 11.1 Å². The highest BCUT2D eigenvalue weighted by Crippen LogP contribution is 2.57. The fraction of sp³-hybridized carbons (Fsp3) is 0.833. The maximum absolute atomic E-state index is 12.2. The van der Waals surface area contributed by atoms with E-state index in [-0.39, 0.29) is 11.0 Å². The Balaban J connectivity index is 6.17. The van der Waals surface area contributed by atoms with Crippen LogP contribution >= 0.6 is 0 Å². The van der Waals surface area contributed by atoms with Gasteiger partial charge in [0.1, 0.15) is 0 Å². The van der Waals surface area contributed by atoms with Crippen molar-refractivity contribution >= 4 is 14.3 Å². The maximum Gasteiger partial charge on any atom is 0.316 e. The van der Waals surface area contributed by atoms with E-state index >= 15 is 0 Å². The summed E-state index contributed by atoms with van der Waals surface area (Å²) >= 11 is 0. The fourth-order valence-corrected chi connectivity index (χ4v) is 10.9. The molecule has 0 unspecified atom stereocenters. The van der Waals surface area contributed by atoms with Crippen LogP contribution in [0.25, 0.3) is 0 Å². The molecule has 124 valence electrons. The van der Waals surface area contributed by atoms with E-state index in [1.165, 1.54) is 6.08 Å². The Morgan fingerprint density at radius 3 is 1.67 bits per heavy atom. The molecule has 0 atom stereocenters. The van der Waals surface area contributed by atoms with Gasteiger partial charge < -0.3 is 4.43 Å². The van der Waals surface area contributed by atoms with Crippen LogP contribution in [0, 0.1) is 0 Å². The Morgan fingerprint density at radius 2 is 1.43 bits per heavy atom. The molecule has 0 aliphatic carbocycles. The summed E-state index contributed by atoms with van der Waals surface area (Å²) in [5.74, 6) is -0.220. The van der Waals surface area contributed by atoms with Crippen LogP contribution in [0.1, 0.15) is 80.6 Å². The largest absolute Gasteiger partial charge is 0.515 e. The first-order valence-electron chi connectivity index (χ1n) is 8.66. The lowest BCUT2D eigenvalue weighted by molar-refractivity contribution is -0.130. The molecule has 0 saturated heterocycles. The summed E-state index contributed by atoms with van der Waals surface area (Å²) in [7, 11) is -2.29. The van der Waals surface area contributed by atoms with Gasteiger partial charge in [-0.3, -0.25) is 0 Å². The predicted molar refractivity (Wildman–Crippen MR) is 95.0 cm³/mol. The van der Waals surface area contributed by atoms with Crippen molar-refractivity contribution in [1.29, 1.82) is 0 Å². The molecule has 0 spiro atoms. The minimum absolute atomic E-state index is 0.0824. The van der Waals surface area contributed by atoms with Crippen molar-refractivity contribution in [2.24, 2.45) is 0 Å². The monoisotopic (exact) mass is 312 g/mol. The van der Waals surface area contributed by atoms with Crippen molar-refractivity contribution in [3.63, 3.8) is 0 Å². The third-order valence-electron chi connectivity index (χ3n) is 5.56. The summed E-state index contributed by atoms with van der Waals surface area (Å²) in [6.07, 6.45) is 6.76. The van der Waals surface area contributed by atoms with Crippen LogP contribution in [-0.4, -0.2) is 14.3 Å². The van der Waals surface area contributed by atoms with E-state index in [2.05, 4.69) is 55.0 Å².